The van der Waals surface area contributed by atoms with Crippen LogP contribution in [0.15, 0.2) is 18.2 Å². The Morgan fingerprint density at radius 2 is 2.09 bits per heavy atom. The molecule has 3 rings (SSSR count). The molecular formula is C17H20ClNO4. The average molecular weight is 338 g/mol. The van der Waals surface area contributed by atoms with Crippen LogP contribution in [0.2, 0.25) is 5.02 Å². The molecule has 1 atom stereocenters. The lowest BCUT2D eigenvalue weighted by Gasteiger charge is -2.50. The van der Waals surface area contributed by atoms with Crippen LogP contribution < -0.4 is 5.32 Å². The van der Waals surface area contributed by atoms with E-state index in [0.717, 1.165) is 12.0 Å². The topological polar surface area (TPSA) is 75.6 Å². The molecule has 5 nitrogen and oxygen atoms in total. The number of benzene rings is 1. The third-order valence-corrected chi connectivity index (χ3v) is 5.26. The number of carboxylic acid groups (broad SMARTS) is 1. The van der Waals surface area contributed by atoms with Crippen LogP contribution in [0, 0.1) is 12.8 Å². The summed E-state index contributed by atoms with van der Waals surface area (Å²) in [6, 6.07) is 5.26. The number of hydrogen-bond donors (Lipinski definition) is 2. The maximum absolute atomic E-state index is 12.4. The third kappa shape index (κ3) is 3.35. The summed E-state index contributed by atoms with van der Waals surface area (Å²) >= 11 is 6.07. The Bertz CT molecular complexity index is 639. The molecule has 1 aromatic rings. The fraction of sp³-hybridized carbons (Fsp3) is 0.529. The Hall–Kier alpha value is -1.59. The molecule has 0 bridgehead atoms. The largest absolute Gasteiger partial charge is 0.481 e. The zero-order valence-electron chi connectivity index (χ0n) is 13.0. The van der Waals surface area contributed by atoms with E-state index in [2.05, 4.69) is 5.32 Å². The van der Waals surface area contributed by atoms with E-state index in [1.807, 2.05) is 13.0 Å². The van der Waals surface area contributed by atoms with Gasteiger partial charge in [0.1, 0.15) is 0 Å². The number of nitrogens with one attached hydrogen (secondary N) is 1. The van der Waals surface area contributed by atoms with Gasteiger partial charge in [-0.05, 0) is 50.3 Å². The highest BCUT2D eigenvalue weighted by atomic mass is 35.5. The minimum Gasteiger partial charge on any atom is -0.481 e. The van der Waals surface area contributed by atoms with Gasteiger partial charge in [-0.25, -0.2) is 0 Å². The normalized spacial score (nSPS) is 29.8. The maximum atomic E-state index is 12.4. The summed E-state index contributed by atoms with van der Waals surface area (Å²) in [6.45, 7) is 2.44. The first kappa shape index (κ1) is 16.3. The molecule has 1 spiro atoms. The highest BCUT2D eigenvalue weighted by molar-refractivity contribution is 6.31. The van der Waals surface area contributed by atoms with E-state index in [1.165, 1.54) is 0 Å². The highest BCUT2D eigenvalue weighted by Gasteiger charge is 2.51. The molecule has 1 heterocycles. The van der Waals surface area contributed by atoms with Gasteiger partial charge >= 0.3 is 5.97 Å². The van der Waals surface area contributed by atoms with Crippen LogP contribution in [-0.2, 0) is 9.53 Å². The van der Waals surface area contributed by atoms with E-state index < -0.39 is 5.97 Å². The van der Waals surface area contributed by atoms with Gasteiger partial charge < -0.3 is 15.2 Å². The standard InChI is InChI=1S/C17H20ClNO4/c1-10-2-3-11(6-14(10)18)15(20)19-13-4-5-23-17(9-13)7-12(8-17)16(21)22/h2-3,6,12-13H,4-5,7-9H2,1H3,(H,19,20)(H,21,22). The Morgan fingerprint density at radius 3 is 2.74 bits per heavy atom. The third-order valence-electron chi connectivity index (χ3n) is 4.85. The Morgan fingerprint density at radius 1 is 1.35 bits per heavy atom. The molecule has 0 radical (unpaired) electrons. The van der Waals surface area contributed by atoms with Crippen LogP contribution in [0.1, 0.15) is 41.6 Å². The van der Waals surface area contributed by atoms with Crippen molar-refractivity contribution in [1.82, 2.24) is 5.32 Å². The zero-order chi connectivity index (χ0) is 16.6. The number of hydrogen-bond acceptors (Lipinski definition) is 3. The molecule has 1 saturated carbocycles. The van der Waals surface area contributed by atoms with Gasteiger partial charge in [-0.15, -0.1) is 0 Å². The summed E-state index contributed by atoms with van der Waals surface area (Å²) in [4.78, 5) is 23.3. The predicted molar refractivity (Wildman–Crippen MR) is 85.7 cm³/mol. The van der Waals surface area contributed by atoms with Gasteiger partial charge in [0.05, 0.1) is 11.5 Å². The van der Waals surface area contributed by atoms with Crippen molar-refractivity contribution in [3.05, 3.63) is 34.3 Å². The summed E-state index contributed by atoms with van der Waals surface area (Å²) in [7, 11) is 0. The summed E-state index contributed by atoms with van der Waals surface area (Å²) in [6.07, 6.45) is 2.48. The average Bonchev–Trinajstić information content (AvgIpc) is 2.47. The monoisotopic (exact) mass is 337 g/mol. The molecule has 1 saturated heterocycles. The first-order chi connectivity index (χ1) is 10.9. The second-order valence-corrected chi connectivity index (χ2v) is 7.01. The van der Waals surface area contributed by atoms with Crippen molar-refractivity contribution in [3.63, 3.8) is 0 Å². The molecule has 23 heavy (non-hydrogen) atoms. The van der Waals surface area contributed by atoms with Gasteiger partial charge in [0.2, 0.25) is 0 Å². The molecule has 1 aliphatic heterocycles. The number of ether oxygens (including phenoxy) is 1. The first-order valence-electron chi connectivity index (χ1n) is 7.82. The van der Waals surface area contributed by atoms with Crippen molar-refractivity contribution < 1.29 is 19.4 Å². The lowest BCUT2D eigenvalue weighted by Crippen LogP contribution is -2.56. The molecule has 0 aromatic heterocycles. The minimum atomic E-state index is -0.764. The minimum absolute atomic E-state index is 0.00562. The van der Waals surface area contributed by atoms with E-state index in [0.29, 0.717) is 36.5 Å². The zero-order valence-corrected chi connectivity index (χ0v) is 13.7. The number of carbonyl (C=O) groups excluding carboxylic acids is 1. The van der Waals surface area contributed by atoms with E-state index in [1.54, 1.807) is 12.1 Å². The Kier molecular flexibility index (Phi) is 4.34. The number of carbonyl (C=O) groups is 2. The van der Waals surface area contributed by atoms with E-state index >= 15 is 0 Å². The van der Waals surface area contributed by atoms with Crippen molar-refractivity contribution in [2.24, 2.45) is 5.92 Å². The molecule has 124 valence electrons. The van der Waals surface area contributed by atoms with Crippen molar-refractivity contribution in [2.45, 2.75) is 44.2 Å². The number of aryl methyl sites for hydroxylation is 1. The van der Waals surface area contributed by atoms with Crippen LogP contribution in [0.4, 0.5) is 0 Å². The lowest BCUT2D eigenvalue weighted by molar-refractivity contribution is -0.181. The second kappa shape index (κ2) is 6.13. The number of halogens is 1. The molecule has 1 amide bonds. The van der Waals surface area contributed by atoms with E-state index in [4.69, 9.17) is 21.4 Å². The van der Waals surface area contributed by atoms with Gasteiger partial charge in [-0.2, -0.15) is 0 Å². The van der Waals surface area contributed by atoms with Crippen molar-refractivity contribution in [3.8, 4) is 0 Å². The highest BCUT2D eigenvalue weighted by Crippen LogP contribution is 2.46. The van der Waals surface area contributed by atoms with E-state index in [9.17, 15) is 9.59 Å². The van der Waals surface area contributed by atoms with Gasteiger partial charge in [0.25, 0.3) is 5.91 Å². The Balaban J connectivity index is 1.60. The van der Waals surface area contributed by atoms with Gasteiger partial charge in [0, 0.05) is 23.2 Å². The fourth-order valence-electron chi connectivity index (χ4n) is 3.45. The molecule has 2 N–H and O–H groups in total. The summed E-state index contributed by atoms with van der Waals surface area (Å²) < 4.78 is 5.80. The molecule has 1 aromatic carbocycles. The van der Waals surface area contributed by atoms with Gasteiger partial charge in [-0.3, -0.25) is 9.59 Å². The van der Waals surface area contributed by atoms with Crippen LogP contribution >= 0.6 is 11.6 Å². The van der Waals surface area contributed by atoms with Crippen molar-refractivity contribution in [2.75, 3.05) is 6.61 Å². The van der Waals surface area contributed by atoms with Gasteiger partial charge in [0.15, 0.2) is 0 Å². The van der Waals surface area contributed by atoms with Crippen molar-refractivity contribution in [1.29, 1.82) is 0 Å². The number of amides is 1. The summed E-state index contributed by atoms with van der Waals surface area (Å²) in [5, 5.41) is 12.6. The Labute approximate surface area is 140 Å². The number of carboxylic acids is 1. The molecule has 6 heteroatoms. The first-order valence-corrected chi connectivity index (χ1v) is 8.20. The van der Waals surface area contributed by atoms with Crippen LogP contribution in [0.3, 0.4) is 0 Å². The number of rotatable bonds is 3. The fourth-order valence-corrected chi connectivity index (χ4v) is 3.63. The molecule has 1 aliphatic carbocycles. The smallest absolute Gasteiger partial charge is 0.306 e. The van der Waals surface area contributed by atoms with Crippen LogP contribution in [0.5, 0.6) is 0 Å². The van der Waals surface area contributed by atoms with Gasteiger partial charge in [-0.1, -0.05) is 17.7 Å². The lowest BCUT2D eigenvalue weighted by atomic mass is 9.66. The second-order valence-electron chi connectivity index (χ2n) is 6.60. The molecule has 2 fully saturated rings. The number of aliphatic carboxylic acids is 1. The maximum Gasteiger partial charge on any atom is 0.306 e. The van der Waals surface area contributed by atoms with E-state index in [-0.39, 0.29) is 23.5 Å². The predicted octanol–water partition coefficient (Wildman–Crippen LogP) is 2.79. The molecular weight excluding hydrogens is 318 g/mol. The summed E-state index contributed by atoms with van der Waals surface area (Å²) in [5.41, 5.74) is 1.10. The SMILES string of the molecule is Cc1ccc(C(=O)NC2CCOC3(C2)CC(C(=O)O)C3)cc1Cl. The van der Waals surface area contributed by atoms with Crippen molar-refractivity contribution >= 4 is 23.5 Å². The summed E-state index contributed by atoms with van der Waals surface area (Å²) in [5.74, 6) is -1.23. The molecule has 1 unspecified atom stereocenters. The quantitative estimate of drug-likeness (QED) is 0.889. The van der Waals surface area contributed by atoms with Crippen LogP contribution in [-0.4, -0.2) is 35.2 Å². The molecule has 2 aliphatic rings. The van der Waals surface area contributed by atoms with Crippen LogP contribution in [0.25, 0.3) is 0 Å².